The topological polar surface area (TPSA) is 98.8 Å². The van der Waals surface area contributed by atoms with Gasteiger partial charge in [-0.25, -0.2) is 4.79 Å². The van der Waals surface area contributed by atoms with Crippen LogP contribution in [0.3, 0.4) is 0 Å². The highest BCUT2D eigenvalue weighted by molar-refractivity contribution is 6.38. The smallest absolute Gasteiger partial charge is 0.408 e. The number of rotatable bonds is 14. The quantitative estimate of drug-likeness (QED) is 0.421. The average Bonchev–Trinajstić information content (AvgIpc) is 3.29. The van der Waals surface area contributed by atoms with E-state index < -0.39 is 29.6 Å². The lowest BCUT2D eigenvalue weighted by molar-refractivity contribution is -0.140. The Kier molecular flexibility index (Phi) is 11.2. The SMILES string of the molecule is CCCC(=O)C(=O)[C@H](CCc1ccccc1)CC(=O)[C@H](CC(C)C)NC(=O)O[C@H]1CCOC1. The molecule has 1 aromatic rings. The number of aryl methyl sites for hydroxylation is 1. The van der Waals surface area contributed by atoms with Crippen molar-refractivity contribution in [3.05, 3.63) is 35.9 Å². The number of carbonyl (C=O) groups excluding carboxylic acids is 4. The predicted molar refractivity (Wildman–Crippen MR) is 125 cm³/mol. The van der Waals surface area contributed by atoms with Crippen molar-refractivity contribution >= 4 is 23.4 Å². The van der Waals surface area contributed by atoms with E-state index >= 15 is 0 Å². The zero-order valence-electron chi connectivity index (χ0n) is 20.0. The summed E-state index contributed by atoms with van der Waals surface area (Å²) >= 11 is 0. The average molecular weight is 460 g/mol. The molecular formula is C26H37NO6. The summed E-state index contributed by atoms with van der Waals surface area (Å²) in [4.78, 5) is 50.7. The van der Waals surface area contributed by atoms with Crippen LogP contribution in [0.4, 0.5) is 4.79 Å². The van der Waals surface area contributed by atoms with Crippen LogP contribution < -0.4 is 5.32 Å². The third-order valence-electron chi connectivity index (χ3n) is 5.74. The normalized spacial score (nSPS) is 17.4. The molecule has 0 spiro atoms. The minimum absolute atomic E-state index is 0.0780. The van der Waals surface area contributed by atoms with E-state index in [0.717, 1.165) is 5.56 Å². The molecule has 0 bridgehead atoms. The summed E-state index contributed by atoms with van der Waals surface area (Å²) in [5.41, 5.74) is 1.05. The molecule has 182 valence electrons. The van der Waals surface area contributed by atoms with Gasteiger partial charge in [0, 0.05) is 25.2 Å². The maximum Gasteiger partial charge on any atom is 0.408 e. The number of alkyl carbamates (subject to hydrolysis) is 1. The van der Waals surface area contributed by atoms with Crippen LogP contribution in [-0.4, -0.2) is 48.8 Å². The number of carbonyl (C=O) groups is 4. The lowest BCUT2D eigenvalue weighted by Gasteiger charge is -2.23. The molecule has 7 heteroatoms. The van der Waals surface area contributed by atoms with Gasteiger partial charge in [-0.1, -0.05) is 51.1 Å². The molecule has 0 unspecified atom stereocenters. The lowest BCUT2D eigenvalue weighted by Crippen LogP contribution is -2.44. The van der Waals surface area contributed by atoms with Crippen LogP contribution in [0.2, 0.25) is 0 Å². The first-order valence-electron chi connectivity index (χ1n) is 12.0. The number of hydrogen-bond acceptors (Lipinski definition) is 6. The standard InChI is InChI=1S/C26H37NO6/c1-4-8-23(28)25(30)20(12-11-19-9-6-5-7-10-19)16-24(29)22(15-18(2)3)27-26(31)33-21-13-14-32-17-21/h5-7,9-10,18,20-22H,4,8,11-17H2,1-3H3,(H,27,31)/t20-,21+,22+/m1/s1. The Morgan fingerprint density at radius 2 is 1.88 bits per heavy atom. The molecule has 0 aliphatic carbocycles. The Morgan fingerprint density at radius 1 is 1.15 bits per heavy atom. The van der Waals surface area contributed by atoms with Gasteiger partial charge in [-0.3, -0.25) is 14.4 Å². The van der Waals surface area contributed by atoms with E-state index in [2.05, 4.69) is 5.32 Å². The van der Waals surface area contributed by atoms with Crippen molar-refractivity contribution in [3.8, 4) is 0 Å². The fraction of sp³-hybridized carbons (Fsp3) is 0.615. The first-order chi connectivity index (χ1) is 15.8. The fourth-order valence-electron chi connectivity index (χ4n) is 3.95. The summed E-state index contributed by atoms with van der Waals surface area (Å²) in [6.07, 6.45) is 1.77. The van der Waals surface area contributed by atoms with Crippen LogP contribution in [0.25, 0.3) is 0 Å². The van der Waals surface area contributed by atoms with E-state index in [1.165, 1.54) is 0 Å². The maximum atomic E-state index is 13.2. The molecule has 0 aromatic heterocycles. The van der Waals surface area contributed by atoms with Gasteiger partial charge >= 0.3 is 6.09 Å². The third-order valence-corrected chi connectivity index (χ3v) is 5.74. The minimum Gasteiger partial charge on any atom is -0.444 e. The lowest BCUT2D eigenvalue weighted by atomic mass is 9.85. The minimum atomic E-state index is -0.770. The molecule has 1 heterocycles. The van der Waals surface area contributed by atoms with Crippen molar-refractivity contribution < 1.29 is 28.7 Å². The Labute approximate surface area is 196 Å². The maximum absolute atomic E-state index is 13.2. The van der Waals surface area contributed by atoms with Crippen molar-refractivity contribution in [1.29, 1.82) is 0 Å². The van der Waals surface area contributed by atoms with Gasteiger partial charge < -0.3 is 14.8 Å². The first kappa shape index (κ1) is 26.7. The van der Waals surface area contributed by atoms with Crippen molar-refractivity contribution in [3.63, 3.8) is 0 Å². The van der Waals surface area contributed by atoms with E-state index in [1.807, 2.05) is 51.1 Å². The second-order valence-electron chi connectivity index (χ2n) is 9.15. The van der Waals surface area contributed by atoms with Crippen LogP contribution in [-0.2, 0) is 30.3 Å². The van der Waals surface area contributed by atoms with Gasteiger partial charge in [0.25, 0.3) is 0 Å². The molecule has 0 radical (unpaired) electrons. The van der Waals surface area contributed by atoms with Crippen LogP contribution in [0.15, 0.2) is 30.3 Å². The number of amides is 1. The molecular weight excluding hydrogens is 422 g/mol. The van der Waals surface area contributed by atoms with E-state index in [0.29, 0.717) is 45.3 Å². The van der Waals surface area contributed by atoms with Crippen LogP contribution in [0, 0.1) is 11.8 Å². The molecule has 1 fully saturated rings. The third kappa shape index (κ3) is 9.46. The molecule has 1 N–H and O–H groups in total. The number of Topliss-reactive ketones (excluding diaryl/α,β-unsaturated/α-hetero) is 3. The monoisotopic (exact) mass is 459 g/mol. The highest BCUT2D eigenvalue weighted by Crippen LogP contribution is 2.20. The Hall–Kier alpha value is -2.54. The zero-order valence-corrected chi connectivity index (χ0v) is 20.0. The molecule has 2 rings (SSSR count). The van der Waals surface area contributed by atoms with Crippen molar-refractivity contribution in [2.24, 2.45) is 11.8 Å². The molecule has 1 saturated heterocycles. The molecule has 33 heavy (non-hydrogen) atoms. The fourth-order valence-corrected chi connectivity index (χ4v) is 3.95. The van der Waals surface area contributed by atoms with Crippen molar-refractivity contribution in [2.75, 3.05) is 13.2 Å². The van der Waals surface area contributed by atoms with Crippen LogP contribution in [0.1, 0.15) is 64.9 Å². The molecule has 1 amide bonds. The number of ketones is 3. The Balaban J connectivity index is 2.07. The van der Waals surface area contributed by atoms with E-state index in [-0.39, 0.29) is 30.6 Å². The van der Waals surface area contributed by atoms with Gasteiger partial charge in [-0.15, -0.1) is 0 Å². The largest absolute Gasteiger partial charge is 0.444 e. The van der Waals surface area contributed by atoms with Gasteiger partial charge in [0.05, 0.1) is 19.3 Å². The predicted octanol–water partition coefficient (Wildman–Crippen LogP) is 4.06. The number of hydrogen-bond donors (Lipinski definition) is 1. The highest BCUT2D eigenvalue weighted by atomic mass is 16.6. The Morgan fingerprint density at radius 3 is 2.48 bits per heavy atom. The van der Waals surface area contributed by atoms with Gasteiger partial charge in [-0.2, -0.15) is 0 Å². The summed E-state index contributed by atoms with van der Waals surface area (Å²) in [6, 6.07) is 8.91. The van der Waals surface area contributed by atoms with Gasteiger partial charge in [0.1, 0.15) is 6.10 Å². The molecule has 3 atom stereocenters. The second kappa shape index (κ2) is 13.9. The second-order valence-corrected chi connectivity index (χ2v) is 9.15. The Bertz CT molecular complexity index is 785. The summed E-state index contributed by atoms with van der Waals surface area (Å²) in [5, 5.41) is 2.69. The van der Waals surface area contributed by atoms with E-state index in [9.17, 15) is 19.2 Å². The highest BCUT2D eigenvalue weighted by Gasteiger charge is 2.31. The van der Waals surface area contributed by atoms with Gasteiger partial charge in [0.15, 0.2) is 11.6 Å². The first-order valence-corrected chi connectivity index (χ1v) is 12.0. The summed E-state index contributed by atoms with van der Waals surface area (Å²) < 4.78 is 10.6. The number of benzene rings is 1. The summed E-state index contributed by atoms with van der Waals surface area (Å²) in [5.74, 6) is -1.73. The van der Waals surface area contributed by atoms with E-state index in [4.69, 9.17) is 9.47 Å². The molecule has 7 nitrogen and oxygen atoms in total. The molecule has 1 aromatic carbocycles. The zero-order chi connectivity index (χ0) is 24.2. The summed E-state index contributed by atoms with van der Waals surface area (Å²) in [6.45, 7) is 6.66. The van der Waals surface area contributed by atoms with Crippen molar-refractivity contribution in [2.45, 2.75) is 77.9 Å². The van der Waals surface area contributed by atoms with Crippen molar-refractivity contribution in [1.82, 2.24) is 5.32 Å². The van der Waals surface area contributed by atoms with Crippen LogP contribution in [0.5, 0.6) is 0 Å². The number of nitrogens with one attached hydrogen (secondary N) is 1. The van der Waals surface area contributed by atoms with Gasteiger partial charge in [0.2, 0.25) is 5.78 Å². The molecule has 1 aliphatic rings. The molecule has 1 aliphatic heterocycles. The number of ether oxygens (including phenoxy) is 2. The summed E-state index contributed by atoms with van der Waals surface area (Å²) in [7, 11) is 0. The molecule has 0 saturated carbocycles. The van der Waals surface area contributed by atoms with Crippen LogP contribution >= 0.6 is 0 Å². The van der Waals surface area contributed by atoms with E-state index in [1.54, 1.807) is 0 Å². The van der Waals surface area contributed by atoms with Gasteiger partial charge in [-0.05, 0) is 37.2 Å².